The Morgan fingerprint density at radius 3 is 2.57 bits per heavy atom. The van der Waals surface area contributed by atoms with Crippen molar-refractivity contribution in [1.29, 1.82) is 0 Å². The van der Waals surface area contributed by atoms with E-state index in [1.165, 1.54) is 6.20 Å². The first-order valence-corrected chi connectivity index (χ1v) is 7.42. The van der Waals surface area contributed by atoms with E-state index in [9.17, 15) is 9.59 Å². The van der Waals surface area contributed by atoms with E-state index in [0.29, 0.717) is 24.3 Å². The number of hydrogen-bond acceptors (Lipinski definition) is 3. The molecule has 1 aromatic heterocycles. The van der Waals surface area contributed by atoms with Gasteiger partial charge in [0, 0.05) is 12.2 Å². The molecule has 0 bridgehead atoms. The van der Waals surface area contributed by atoms with Crippen molar-refractivity contribution < 1.29 is 14.7 Å². The molecule has 1 aromatic rings. The van der Waals surface area contributed by atoms with Gasteiger partial charge in [0.25, 0.3) is 5.91 Å². The molecule has 0 aliphatic carbocycles. The lowest BCUT2D eigenvalue weighted by molar-refractivity contribution is -0.139. The molecule has 2 N–H and O–H groups in total. The Morgan fingerprint density at radius 1 is 1.38 bits per heavy atom. The van der Waals surface area contributed by atoms with Crippen molar-refractivity contribution in [2.75, 3.05) is 0 Å². The summed E-state index contributed by atoms with van der Waals surface area (Å²) >= 11 is 0. The summed E-state index contributed by atoms with van der Waals surface area (Å²) in [7, 11) is 0. The quantitative estimate of drug-likeness (QED) is 0.770. The van der Waals surface area contributed by atoms with Crippen molar-refractivity contribution in [3.8, 4) is 0 Å². The van der Waals surface area contributed by atoms with Gasteiger partial charge < -0.3 is 10.4 Å². The number of aryl methyl sites for hydroxylation is 1. The lowest BCUT2D eigenvalue weighted by Crippen LogP contribution is -2.40. The number of aromatic nitrogens is 2. The molecular formula is C15H25N3O3. The number of hydrogen-bond donors (Lipinski definition) is 2. The molecule has 0 spiro atoms. The third-order valence-corrected chi connectivity index (χ3v) is 3.45. The molecule has 0 fully saturated rings. The number of carbonyl (C=O) groups is 2. The van der Waals surface area contributed by atoms with Crippen LogP contribution in [0.4, 0.5) is 0 Å². The van der Waals surface area contributed by atoms with Gasteiger partial charge in [0.2, 0.25) is 0 Å². The highest BCUT2D eigenvalue weighted by molar-refractivity contribution is 5.97. The van der Waals surface area contributed by atoms with E-state index in [2.05, 4.69) is 24.3 Å². The highest BCUT2D eigenvalue weighted by Crippen LogP contribution is 2.11. The van der Waals surface area contributed by atoms with Gasteiger partial charge in [-0.05, 0) is 25.7 Å². The van der Waals surface area contributed by atoms with Crippen molar-refractivity contribution in [3.63, 3.8) is 0 Å². The molecule has 0 aliphatic rings. The average Bonchev–Trinajstić information content (AvgIpc) is 2.77. The Balaban J connectivity index is 2.76. The van der Waals surface area contributed by atoms with Crippen molar-refractivity contribution in [1.82, 2.24) is 15.1 Å². The van der Waals surface area contributed by atoms with Crippen LogP contribution in [0.2, 0.25) is 0 Å². The monoisotopic (exact) mass is 295 g/mol. The van der Waals surface area contributed by atoms with Gasteiger partial charge in [-0.15, -0.1) is 0 Å². The Hall–Kier alpha value is -1.85. The number of aliphatic carboxylic acids is 1. The molecule has 0 aromatic carbocycles. The average molecular weight is 295 g/mol. The van der Waals surface area contributed by atoms with Crippen LogP contribution < -0.4 is 5.32 Å². The summed E-state index contributed by atoms with van der Waals surface area (Å²) in [6.45, 7) is 8.74. The highest BCUT2D eigenvalue weighted by Gasteiger charge is 2.22. The van der Waals surface area contributed by atoms with Crippen LogP contribution in [0, 0.1) is 12.8 Å². The largest absolute Gasteiger partial charge is 0.480 e. The van der Waals surface area contributed by atoms with Crippen LogP contribution in [-0.2, 0) is 11.3 Å². The van der Waals surface area contributed by atoms with Crippen LogP contribution in [0.1, 0.15) is 56.1 Å². The normalized spacial score (nSPS) is 12.4. The zero-order valence-electron chi connectivity index (χ0n) is 13.2. The Kier molecular flexibility index (Phi) is 6.39. The minimum Gasteiger partial charge on any atom is -0.480 e. The number of nitrogens with one attached hydrogen (secondary N) is 1. The third kappa shape index (κ3) is 4.88. The number of amides is 1. The zero-order valence-corrected chi connectivity index (χ0v) is 13.2. The SMILES string of the molecule is CCCC(NC(=O)c1cnn(CCC(C)C)c1C)C(=O)O. The standard InChI is InChI=1S/C15H25N3O3/c1-5-6-13(15(20)21)17-14(19)12-9-16-18(11(12)4)8-7-10(2)3/h9-10,13H,5-8H2,1-4H3,(H,17,19)(H,20,21). The maximum Gasteiger partial charge on any atom is 0.326 e. The fourth-order valence-electron chi connectivity index (χ4n) is 2.06. The van der Waals surface area contributed by atoms with Gasteiger partial charge in [-0.3, -0.25) is 9.48 Å². The van der Waals surface area contributed by atoms with Gasteiger partial charge in [-0.2, -0.15) is 5.10 Å². The highest BCUT2D eigenvalue weighted by atomic mass is 16.4. The number of carboxylic acids is 1. The molecule has 0 aliphatic heterocycles. The summed E-state index contributed by atoms with van der Waals surface area (Å²) in [6, 6.07) is -0.846. The smallest absolute Gasteiger partial charge is 0.326 e. The van der Waals surface area contributed by atoms with Crippen LogP contribution >= 0.6 is 0 Å². The van der Waals surface area contributed by atoms with Gasteiger partial charge in [0.1, 0.15) is 6.04 Å². The van der Waals surface area contributed by atoms with Crippen LogP contribution in [0.25, 0.3) is 0 Å². The predicted molar refractivity (Wildman–Crippen MR) is 80.2 cm³/mol. The first kappa shape index (κ1) is 17.2. The Morgan fingerprint density at radius 2 is 2.05 bits per heavy atom. The summed E-state index contributed by atoms with van der Waals surface area (Å²) < 4.78 is 1.80. The van der Waals surface area contributed by atoms with E-state index >= 15 is 0 Å². The number of nitrogens with zero attached hydrogens (tertiary/aromatic N) is 2. The van der Waals surface area contributed by atoms with E-state index in [-0.39, 0.29) is 5.91 Å². The first-order valence-electron chi connectivity index (χ1n) is 7.42. The van der Waals surface area contributed by atoms with Crippen LogP contribution in [0.3, 0.4) is 0 Å². The fourth-order valence-corrected chi connectivity index (χ4v) is 2.06. The molecule has 1 unspecified atom stereocenters. The van der Waals surface area contributed by atoms with Crippen LogP contribution in [0.15, 0.2) is 6.20 Å². The van der Waals surface area contributed by atoms with Crippen molar-refractivity contribution in [3.05, 3.63) is 17.5 Å². The molecule has 6 heteroatoms. The molecule has 0 saturated heterocycles. The second-order valence-corrected chi connectivity index (χ2v) is 5.70. The van der Waals surface area contributed by atoms with E-state index < -0.39 is 12.0 Å². The zero-order chi connectivity index (χ0) is 16.0. The molecule has 0 saturated carbocycles. The van der Waals surface area contributed by atoms with Gasteiger partial charge >= 0.3 is 5.97 Å². The summed E-state index contributed by atoms with van der Waals surface area (Å²) in [5, 5.41) is 15.9. The second kappa shape index (κ2) is 7.81. The topological polar surface area (TPSA) is 84.2 Å². The van der Waals surface area contributed by atoms with Gasteiger partial charge in [-0.25, -0.2) is 4.79 Å². The second-order valence-electron chi connectivity index (χ2n) is 5.70. The molecule has 1 rings (SSSR count). The molecule has 1 amide bonds. The first-order chi connectivity index (χ1) is 9.86. The van der Waals surface area contributed by atoms with E-state index in [1.807, 2.05) is 13.8 Å². The lowest BCUT2D eigenvalue weighted by atomic mass is 10.1. The summed E-state index contributed by atoms with van der Waals surface area (Å²) in [5.41, 5.74) is 1.22. The van der Waals surface area contributed by atoms with E-state index in [4.69, 9.17) is 5.11 Å². The molecular weight excluding hydrogens is 270 g/mol. The number of rotatable bonds is 8. The van der Waals surface area contributed by atoms with Crippen LogP contribution in [-0.4, -0.2) is 32.8 Å². The molecule has 0 radical (unpaired) electrons. The minimum absolute atomic E-state index is 0.371. The van der Waals surface area contributed by atoms with Gasteiger partial charge in [-0.1, -0.05) is 27.2 Å². The fraction of sp³-hybridized carbons (Fsp3) is 0.667. The Labute approximate surface area is 125 Å². The maximum absolute atomic E-state index is 12.2. The minimum atomic E-state index is -1.00. The summed E-state index contributed by atoms with van der Waals surface area (Å²) in [4.78, 5) is 23.3. The van der Waals surface area contributed by atoms with Crippen molar-refractivity contribution >= 4 is 11.9 Å². The van der Waals surface area contributed by atoms with E-state index in [0.717, 1.165) is 18.7 Å². The molecule has 21 heavy (non-hydrogen) atoms. The number of carboxylic acid groups (broad SMARTS) is 1. The van der Waals surface area contributed by atoms with Crippen molar-refractivity contribution in [2.45, 2.75) is 59.5 Å². The summed E-state index contributed by atoms with van der Waals surface area (Å²) in [6.07, 6.45) is 3.61. The maximum atomic E-state index is 12.2. The molecule has 1 atom stereocenters. The van der Waals surface area contributed by atoms with Crippen LogP contribution in [0.5, 0.6) is 0 Å². The van der Waals surface area contributed by atoms with Crippen molar-refractivity contribution in [2.24, 2.45) is 5.92 Å². The third-order valence-electron chi connectivity index (χ3n) is 3.45. The molecule has 1 heterocycles. The molecule has 6 nitrogen and oxygen atoms in total. The van der Waals surface area contributed by atoms with Gasteiger partial charge in [0.05, 0.1) is 11.8 Å². The lowest BCUT2D eigenvalue weighted by Gasteiger charge is -2.13. The number of carbonyl (C=O) groups excluding carboxylic acids is 1. The van der Waals surface area contributed by atoms with Gasteiger partial charge in [0.15, 0.2) is 0 Å². The Bertz CT molecular complexity index is 494. The predicted octanol–water partition coefficient (Wildman–Crippen LogP) is 2.22. The summed E-state index contributed by atoms with van der Waals surface area (Å²) in [5.74, 6) is -0.814. The molecule has 118 valence electrons. The van der Waals surface area contributed by atoms with E-state index in [1.54, 1.807) is 4.68 Å².